The second-order valence-electron chi connectivity index (χ2n) is 6.07. The molecule has 0 radical (unpaired) electrons. The standard InChI is InChI=1S/C20H21FN2S/c1-3-15-7-4-8-16(11-17(21)10-15)19-13-24-20(23-19)18-12-22-9-5-6-14(18)2/h3-5,7,9,11-13,15,17H,1,6,8,10H2,2H3/b7-4-,16-11+. The van der Waals surface area contributed by atoms with E-state index < -0.39 is 6.17 Å². The van der Waals surface area contributed by atoms with Gasteiger partial charge in [-0.2, -0.15) is 0 Å². The summed E-state index contributed by atoms with van der Waals surface area (Å²) in [6.07, 6.45) is 14.4. The van der Waals surface area contributed by atoms with Crippen LogP contribution in [0.1, 0.15) is 36.9 Å². The minimum atomic E-state index is -0.970. The van der Waals surface area contributed by atoms with E-state index in [0.717, 1.165) is 28.3 Å². The lowest BCUT2D eigenvalue weighted by molar-refractivity contribution is 0.360. The molecular weight excluding hydrogens is 319 g/mol. The topological polar surface area (TPSA) is 25.2 Å². The molecule has 2 nitrogen and oxygen atoms in total. The first-order valence-electron chi connectivity index (χ1n) is 8.15. The Morgan fingerprint density at radius 3 is 3.04 bits per heavy atom. The highest BCUT2D eigenvalue weighted by Gasteiger charge is 2.16. The third-order valence-electron chi connectivity index (χ3n) is 4.25. The Labute approximate surface area is 146 Å². The fourth-order valence-electron chi connectivity index (χ4n) is 2.84. The summed E-state index contributed by atoms with van der Waals surface area (Å²) in [5.41, 5.74) is 4.13. The third kappa shape index (κ3) is 3.88. The van der Waals surface area contributed by atoms with Gasteiger partial charge in [0, 0.05) is 23.4 Å². The largest absolute Gasteiger partial charge is 0.264 e. The van der Waals surface area contributed by atoms with Crippen molar-refractivity contribution in [1.29, 1.82) is 0 Å². The Kier molecular flexibility index (Phi) is 5.36. The summed E-state index contributed by atoms with van der Waals surface area (Å²) in [4.78, 5) is 9.01. The molecule has 1 aromatic rings. The maximum Gasteiger partial charge on any atom is 0.125 e. The molecule has 1 aromatic heterocycles. The van der Waals surface area contributed by atoms with Gasteiger partial charge in [0.05, 0.1) is 5.69 Å². The van der Waals surface area contributed by atoms with Gasteiger partial charge in [-0.15, -0.1) is 17.9 Å². The molecule has 0 N–H and O–H groups in total. The molecular formula is C20H21FN2S. The van der Waals surface area contributed by atoms with Crippen molar-refractivity contribution in [3.8, 4) is 0 Å². The molecule has 0 amide bonds. The Balaban J connectivity index is 1.86. The summed E-state index contributed by atoms with van der Waals surface area (Å²) in [6.45, 7) is 5.87. The van der Waals surface area contributed by atoms with Gasteiger partial charge in [0.15, 0.2) is 0 Å². The zero-order chi connectivity index (χ0) is 16.9. The van der Waals surface area contributed by atoms with Gasteiger partial charge in [-0.3, -0.25) is 4.99 Å². The predicted molar refractivity (Wildman–Crippen MR) is 102 cm³/mol. The predicted octanol–water partition coefficient (Wildman–Crippen LogP) is 5.78. The Hall–Kier alpha value is -2.07. The van der Waals surface area contributed by atoms with Gasteiger partial charge in [0.25, 0.3) is 0 Å². The van der Waals surface area contributed by atoms with E-state index >= 15 is 0 Å². The molecule has 2 heterocycles. The van der Waals surface area contributed by atoms with Crippen LogP contribution in [0, 0.1) is 5.92 Å². The van der Waals surface area contributed by atoms with E-state index in [1.54, 1.807) is 23.5 Å². The normalized spacial score (nSPS) is 27.8. The van der Waals surface area contributed by atoms with E-state index in [-0.39, 0.29) is 5.92 Å². The molecule has 0 aromatic carbocycles. The number of alkyl halides is 1. The minimum Gasteiger partial charge on any atom is -0.264 e. The van der Waals surface area contributed by atoms with Crippen LogP contribution in [0.15, 0.2) is 59.1 Å². The van der Waals surface area contributed by atoms with E-state index in [4.69, 9.17) is 4.98 Å². The van der Waals surface area contributed by atoms with Gasteiger partial charge in [-0.05, 0) is 43.8 Å². The molecule has 1 aliphatic carbocycles. The number of thiazole rings is 1. The smallest absolute Gasteiger partial charge is 0.125 e. The van der Waals surface area contributed by atoms with Crippen molar-refractivity contribution in [3.63, 3.8) is 0 Å². The highest BCUT2D eigenvalue weighted by Crippen LogP contribution is 2.30. The lowest BCUT2D eigenvalue weighted by Crippen LogP contribution is -2.06. The average molecular weight is 340 g/mol. The Morgan fingerprint density at radius 1 is 1.33 bits per heavy atom. The summed E-state index contributed by atoms with van der Waals surface area (Å²) < 4.78 is 14.3. The molecule has 0 saturated heterocycles. The third-order valence-corrected chi connectivity index (χ3v) is 5.12. The number of halogens is 1. The van der Waals surface area contributed by atoms with E-state index in [1.165, 1.54) is 5.57 Å². The number of hydrogen-bond donors (Lipinski definition) is 0. The van der Waals surface area contributed by atoms with Crippen LogP contribution in [0.3, 0.4) is 0 Å². The molecule has 3 rings (SSSR count). The van der Waals surface area contributed by atoms with Crippen molar-refractivity contribution in [2.75, 3.05) is 0 Å². The van der Waals surface area contributed by atoms with Crippen molar-refractivity contribution >= 4 is 28.7 Å². The number of rotatable bonds is 3. The molecule has 2 unspecified atom stereocenters. The quantitative estimate of drug-likeness (QED) is 0.640. The zero-order valence-electron chi connectivity index (χ0n) is 13.8. The van der Waals surface area contributed by atoms with E-state index in [2.05, 4.69) is 24.6 Å². The van der Waals surface area contributed by atoms with Gasteiger partial charge >= 0.3 is 0 Å². The monoisotopic (exact) mass is 340 g/mol. The summed E-state index contributed by atoms with van der Waals surface area (Å²) in [6, 6.07) is 0. The lowest BCUT2D eigenvalue weighted by Gasteiger charge is -2.14. The molecule has 2 atom stereocenters. The van der Waals surface area contributed by atoms with Crippen LogP contribution in [0.5, 0.6) is 0 Å². The summed E-state index contributed by atoms with van der Waals surface area (Å²) in [5.74, 6) is 0.103. The van der Waals surface area contributed by atoms with Crippen molar-refractivity contribution in [3.05, 3.63) is 64.8 Å². The second-order valence-corrected chi connectivity index (χ2v) is 6.93. The molecule has 0 bridgehead atoms. The number of aromatic nitrogens is 1. The van der Waals surface area contributed by atoms with Crippen LogP contribution < -0.4 is 0 Å². The molecule has 24 heavy (non-hydrogen) atoms. The Morgan fingerprint density at radius 2 is 2.21 bits per heavy atom. The van der Waals surface area contributed by atoms with E-state index in [1.807, 2.05) is 29.9 Å². The fourth-order valence-corrected chi connectivity index (χ4v) is 3.77. The van der Waals surface area contributed by atoms with Crippen molar-refractivity contribution in [2.24, 2.45) is 10.9 Å². The minimum absolute atomic E-state index is 0.103. The van der Waals surface area contributed by atoms with Crippen LogP contribution in [-0.4, -0.2) is 17.4 Å². The van der Waals surface area contributed by atoms with Crippen LogP contribution in [0.2, 0.25) is 0 Å². The van der Waals surface area contributed by atoms with Crippen LogP contribution in [-0.2, 0) is 0 Å². The van der Waals surface area contributed by atoms with E-state index in [0.29, 0.717) is 12.8 Å². The molecule has 0 fully saturated rings. The SMILES string of the molecule is C=CC1/C=C\C/C(c2csc(C3=C(C)CC=CN=C3)n2)=C\C(F)C1. The maximum atomic E-state index is 14.3. The molecule has 0 saturated carbocycles. The van der Waals surface area contributed by atoms with Gasteiger partial charge < -0.3 is 0 Å². The summed E-state index contributed by atoms with van der Waals surface area (Å²) in [7, 11) is 0. The first kappa shape index (κ1) is 16.8. The number of nitrogens with zero attached hydrogens (tertiary/aromatic N) is 2. The Bertz CT molecular complexity index is 764. The first-order chi connectivity index (χ1) is 11.7. The van der Waals surface area contributed by atoms with Crippen LogP contribution in [0.4, 0.5) is 4.39 Å². The van der Waals surface area contributed by atoms with Crippen LogP contribution in [0.25, 0.3) is 11.1 Å². The maximum absolute atomic E-state index is 14.3. The molecule has 1 aliphatic heterocycles. The van der Waals surface area contributed by atoms with Crippen molar-refractivity contribution in [1.82, 2.24) is 4.98 Å². The molecule has 2 aliphatic rings. The van der Waals surface area contributed by atoms with Gasteiger partial charge in [-0.1, -0.05) is 29.9 Å². The van der Waals surface area contributed by atoms with Gasteiger partial charge in [0.1, 0.15) is 11.2 Å². The lowest BCUT2D eigenvalue weighted by atomic mass is 9.95. The van der Waals surface area contributed by atoms with Gasteiger partial charge in [0.2, 0.25) is 0 Å². The number of hydrogen-bond acceptors (Lipinski definition) is 3. The fraction of sp³-hybridized carbons (Fsp3) is 0.300. The first-order valence-corrected chi connectivity index (χ1v) is 9.03. The highest BCUT2D eigenvalue weighted by molar-refractivity contribution is 7.11. The molecule has 0 spiro atoms. The molecule has 4 heteroatoms. The summed E-state index contributed by atoms with van der Waals surface area (Å²) in [5, 5.41) is 2.96. The highest BCUT2D eigenvalue weighted by atomic mass is 32.1. The zero-order valence-corrected chi connectivity index (χ0v) is 14.6. The van der Waals surface area contributed by atoms with Crippen molar-refractivity contribution in [2.45, 2.75) is 32.4 Å². The van der Waals surface area contributed by atoms with Crippen molar-refractivity contribution < 1.29 is 4.39 Å². The molecule has 124 valence electrons. The average Bonchev–Trinajstić information content (AvgIpc) is 2.93. The van der Waals surface area contributed by atoms with Crippen LogP contribution >= 0.6 is 11.3 Å². The van der Waals surface area contributed by atoms with Gasteiger partial charge in [-0.25, -0.2) is 9.37 Å². The summed E-state index contributed by atoms with van der Waals surface area (Å²) >= 11 is 1.59. The number of allylic oxidation sites excluding steroid dienone is 8. The second kappa shape index (κ2) is 7.67. The van der Waals surface area contributed by atoms with E-state index in [9.17, 15) is 4.39 Å². The number of aliphatic imine (C=N–C) groups is 1.